The lowest BCUT2D eigenvalue weighted by Crippen LogP contribution is -2.23. The predicted molar refractivity (Wildman–Crippen MR) is 98.4 cm³/mol. The molecule has 26 heavy (non-hydrogen) atoms. The zero-order valence-electron chi connectivity index (χ0n) is 14.5. The largest absolute Gasteiger partial charge is 0.326 e. The minimum Gasteiger partial charge on any atom is -0.326 e. The van der Waals surface area contributed by atoms with Gasteiger partial charge in [-0.05, 0) is 43.5 Å². The second-order valence-corrected chi connectivity index (χ2v) is 9.30. The van der Waals surface area contributed by atoms with E-state index in [2.05, 4.69) is 20.1 Å². The van der Waals surface area contributed by atoms with Crippen LogP contribution in [0.3, 0.4) is 0 Å². The third kappa shape index (κ3) is 3.51. The molecule has 1 fully saturated rings. The van der Waals surface area contributed by atoms with Gasteiger partial charge in [-0.15, -0.1) is 10.2 Å². The fourth-order valence-electron chi connectivity index (χ4n) is 3.65. The van der Waals surface area contributed by atoms with E-state index < -0.39 is 15.8 Å². The molecule has 4 rings (SSSR count). The highest BCUT2D eigenvalue weighted by Crippen LogP contribution is 2.25. The minimum absolute atomic E-state index is 0.0528. The lowest BCUT2D eigenvalue weighted by atomic mass is 10.1. The highest BCUT2D eigenvalue weighted by atomic mass is 32.2. The van der Waals surface area contributed by atoms with Gasteiger partial charge >= 0.3 is 0 Å². The first-order valence-electron chi connectivity index (χ1n) is 9.06. The highest BCUT2D eigenvalue weighted by Gasteiger charge is 2.32. The summed E-state index contributed by atoms with van der Waals surface area (Å²) < 4.78 is 25.2. The Kier molecular flexibility index (Phi) is 4.52. The van der Waals surface area contributed by atoms with Crippen LogP contribution >= 0.6 is 0 Å². The summed E-state index contributed by atoms with van der Waals surface area (Å²) in [5.74, 6) is 1.27. The van der Waals surface area contributed by atoms with E-state index in [0.29, 0.717) is 12.1 Å². The van der Waals surface area contributed by atoms with E-state index >= 15 is 0 Å². The molecular weight excluding hydrogens is 352 g/mol. The van der Waals surface area contributed by atoms with Gasteiger partial charge in [0.15, 0.2) is 15.7 Å². The first-order chi connectivity index (χ1) is 12.5. The maximum atomic E-state index is 12.2. The summed E-state index contributed by atoms with van der Waals surface area (Å²) in [6.07, 6.45) is 4.87. The standard InChI is InChI=1S/C18H22N4O3S/c23-18(14-9-11-26(24,25)12-14)19-15-7-5-13(6-8-15)17-21-20-16-4-2-1-3-10-22(16)17/h5-8,14H,1-4,9-12H2,(H,19,23)/t14-/m0/s1. The highest BCUT2D eigenvalue weighted by molar-refractivity contribution is 7.91. The summed E-state index contributed by atoms with van der Waals surface area (Å²) >= 11 is 0. The fourth-order valence-corrected chi connectivity index (χ4v) is 5.39. The van der Waals surface area contributed by atoms with Gasteiger partial charge in [0, 0.05) is 24.2 Å². The van der Waals surface area contributed by atoms with E-state index in [1.54, 1.807) is 0 Å². The summed E-state index contributed by atoms with van der Waals surface area (Å²) in [6, 6.07) is 7.50. The van der Waals surface area contributed by atoms with Crippen molar-refractivity contribution in [2.75, 3.05) is 16.8 Å². The van der Waals surface area contributed by atoms with Crippen molar-refractivity contribution in [1.29, 1.82) is 0 Å². The molecule has 0 saturated carbocycles. The molecule has 0 radical (unpaired) electrons. The molecular formula is C18H22N4O3S. The molecule has 138 valence electrons. The monoisotopic (exact) mass is 374 g/mol. The molecule has 8 heteroatoms. The van der Waals surface area contributed by atoms with Crippen LogP contribution in [0, 0.1) is 5.92 Å². The van der Waals surface area contributed by atoms with Crippen LogP contribution in [0.25, 0.3) is 11.4 Å². The maximum absolute atomic E-state index is 12.2. The number of rotatable bonds is 3. The number of benzene rings is 1. The van der Waals surface area contributed by atoms with Crippen molar-refractivity contribution in [3.63, 3.8) is 0 Å². The van der Waals surface area contributed by atoms with Gasteiger partial charge in [-0.2, -0.15) is 0 Å². The topological polar surface area (TPSA) is 93.9 Å². The van der Waals surface area contributed by atoms with Crippen LogP contribution in [0.15, 0.2) is 24.3 Å². The first kappa shape index (κ1) is 17.2. The molecule has 1 aromatic heterocycles. The van der Waals surface area contributed by atoms with Crippen LogP contribution in [0.4, 0.5) is 5.69 Å². The van der Waals surface area contributed by atoms with Crippen molar-refractivity contribution < 1.29 is 13.2 Å². The van der Waals surface area contributed by atoms with Gasteiger partial charge in [0.2, 0.25) is 5.91 Å². The Morgan fingerprint density at radius 3 is 2.65 bits per heavy atom. The van der Waals surface area contributed by atoms with Crippen molar-refractivity contribution in [3.05, 3.63) is 30.1 Å². The van der Waals surface area contributed by atoms with Gasteiger partial charge in [-0.1, -0.05) is 6.42 Å². The summed E-state index contributed by atoms with van der Waals surface area (Å²) in [4.78, 5) is 12.2. The average molecular weight is 374 g/mol. The van der Waals surface area contributed by atoms with E-state index in [0.717, 1.165) is 43.0 Å². The normalized spacial score (nSPS) is 21.8. The molecule has 0 aliphatic carbocycles. The molecule has 1 N–H and O–H groups in total. The lowest BCUT2D eigenvalue weighted by Gasteiger charge is -2.11. The van der Waals surface area contributed by atoms with Crippen LogP contribution in [0.1, 0.15) is 31.5 Å². The van der Waals surface area contributed by atoms with Crippen molar-refractivity contribution in [2.45, 2.75) is 38.6 Å². The number of fused-ring (bicyclic) bond motifs is 1. The van der Waals surface area contributed by atoms with Crippen LogP contribution in [-0.4, -0.2) is 40.6 Å². The Bertz CT molecular complexity index is 918. The SMILES string of the molecule is O=C(Nc1ccc(-c2nnc3n2CCCCC3)cc1)[C@H]1CCS(=O)(=O)C1. The molecule has 1 saturated heterocycles. The zero-order valence-corrected chi connectivity index (χ0v) is 15.3. The zero-order chi connectivity index (χ0) is 18.1. The quantitative estimate of drug-likeness (QED) is 0.887. The van der Waals surface area contributed by atoms with Gasteiger partial charge in [0.25, 0.3) is 0 Å². The van der Waals surface area contributed by atoms with Crippen molar-refractivity contribution >= 4 is 21.4 Å². The van der Waals surface area contributed by atoms with E-state index in [9.17, 15) is 13.2 Å². The second-order valence-electron chi connectivity index (χ2n) is 7.07. The number of amides is 1. The molecule has 2 aromatic rings. The molecule has 0 bridgehead atoms. The number of sulfone groups is 1. The van der Waals surface area contributed by atoms with Gasteiger partial charge in [-0.25, -0.2) is 8.42 Å². The van der Waals surface area contributed by atoms with E-state index in [1.807, 2.05) is 24.3 Å². The molecule has 1 atom stereocenters. The number of aryl methyl sites for hydroxylation is 1. The Labute approximate surface area is 152 Å². The molecule has 2 aliphatic rings. The third-order valence-electron chi connectivity index (χ3n) is 5.12. The Balaban J connectivity index is 1.48. The van der Waals surface area contributed by atoms with E-state index in [-0.39, 0.29) is 17.4 Å². The predicted octanol–water partition coefficient (Wildman–Crippen LogP) is 2.04. The number of hydrogen-bond acceptors (Lipinski definition) is 5. The molecule has 2 aliphatic heterocycles. The Hall–Kier alpha value is -2.22. The molecule has 3 heterocycles. The summed E-state index contributed by atoms with van der Waals surface area (Å²) in [7, 11) is -3.06. The van der Waals surface area contributed by atoms with Gasteiger partial charge in [-0.3, -0.25) is 4.79 Å². The van der Waals surface area contributed by atoms with Gasteiger partial charge < -0.3 is 9.88 Å². The number of aromatic nitrogens is 3. The average Bonchev–Trinajstić information content (AvgIpc) is 3.11. The Morgan fingerprint density at radius 2 is 1.92 bits per heavy atom. The number of nitrogens with zero attached hydrogens (tertiary/aromatic N) is 3. The number of nitrogens with one attached hydrogen (secondary N) is 1. The van der Waals surface area contributed by atoms with Crippen molar-refractivity contribution in [3.8, 4) is 11.4 Å². The molecule has 0 spiro atoms. The van der Waals surface area contributed by atoms with Crippen LogP contribution < -0.4 is 5.32 Å². The van der Waals surface area contributed by atoms with Gasteiger partial charge in [0.05, 0.1) is 17.4 Å². The number of anilines is 1. The summed E-state index contributed by atoms with van der Waals surface area (Å²) in [5.41, 5.74) is 1.63. The van der Waals surface area contributed by atoms with Crippen LogP contribution in [-0.2, 0) is 27.6 Å². The van der Waals surface area contributed by atoms with Crippen molar-refractivity contribution in [1.82, 2.24) is 14.8 Å². The summed E-state index contributed by atoms with van der Waals surface area (Å²) in [6.45, 7) is 0.937. The first-order valence-corrected chi connectivity index (χ1v) is 10.9. The maximum Gasteiger partial charge on any atom is 0.228 e. The second kappa shape index (κ2) is 6.83. The van der Waals surface area contributed by atoms with Crippen LogP contribution in [0.5, 0.6) is 0 Å². The smallest absolute Gasteiger partial charge is 0.228 e. The Morgan fingerprint density at radius 1 is 1.12 bits per heavy atom. The fraction of sp³-hybridized carbons (Fsp3) is 0.500. The third-order valence-corrected chi connectivity index (χ3v) is 6.89. The molecule has 7 nitrogen and oxygen atoms in total. The number of carbonyl (C=O) groups excluding carboxylic acids is 1. The van der Waals surface area contributed by atoms with Crippen molar-refractivity contribution in [2.24, 2.45) is 5.92 Å². The minimum atomic E-state index is -3.06. The number of carbonyl (C=O) groups is 1. The van der Waals surface area contributed by atoms with E-state index in [4.69, 9.17) is 0 Å². The molecule has 0 unspecified atom stereocenters. The van der Waals surface area contributed by atoms with Gasteiger partial charge in [0.1, 0.15) is 5.82 Å². The molecule has 1 aromatic carbocycles. The molecule has 1 amide bonds. The number of hydrogen-bond donors (Lipinski definition) is 1. The summed E-state index contributed by atoms with van der Waals surface area (Å²) in [5, 5.41) is 11.5. The van der Waals surface area contributed by atoms with E-state index in [1.165, 1.54) is 6.42 Å². The van der Waals surface area contributed by atoms with Crippen LogP contribution in [0.2, 0.25) is 0 Å². The lowest BCUT2D eigenvalue weighted by molar-refractivity contribution is -0.119.